The van der Waals surface area contributed by atoms with E-state index in [4.69, 9.17) is 28.4 Å². The minimum atomic E-state index is -3.08. The molecule has 14 N–H and O–H groups in total. The molecule has 23 nitrogen and oxygen atoms in total. The third-order valence-corrected chi connectivity index (χ3v) is 18.9. The van der Waals surface area contributed by atoms with Gasteiger partial charge in [-0.05, 0) is 44.9 Å². The maximum Gasteiger partial charge on any atom is 0.364 e. The summed E-state index contributed by atoms with van der Waals surface area (Å²) >= 11 is 0. The number of nitrogens with one attached hydrogen (secondary N) is 2. The highest BCUT2D eigenvalue weighted by Crippen LogP contribution is 2.39. The van der Waals surface area contributed by atoms with Gasteiger partial charge < -0.3 is 100 Å². The van der Waals surface area contributed by atoms with Gasteiger partial charge in [0.05, 0.1) is 50.7 Å². The Morgan fingerprint density at radius 1 is 0.547 bits per heavy atom. The van der Waals surface area contributed by atoms with Crippen LogP contribution in [-0.4, -0.2) is 215 Å². The molecule has 0 aliphatic carbocycles. The molecular weight excluding hydrogens is 1230 g/mol. The number of rotatable bonds is 57. The van der Waals surface area contributed by atoms with E-state index in [9.17, 15) is 75.7 Å². The summed E-state index contributed by atoms with van der Waals surface area (Å²) in [4.78, 5) is 38.5. The molecule has 0 radical (unpaired) electrons. The molecule has 0 aromatic rings. The van der Waals surface area contributed by atoms with Crippen LogP contribution < -0.4 is 10.6 Å². The second-order valence-electron chi connectivity index (χ2n) is 27.2. The largest absolute Gasteiger partial charge is 0.477 e. The molecule has 0 bridgehead atoms. The van der Waals surface area contributed by atoms with E-state index in [0.717, 1.165) is 64.7 Å². The number of carbonyl (C=O) groups excluding carboxylic acids is 2. The first kappa shape index (κ1) is 86.4. The summed E-state index contributed by atoms with van der Waals surface area (Å²) in [5, 5.41) is 136. The minimum Gasteiger partial charge on any atom is -0.477 e. The van der Waals surface area contributed by atoms with E-state index < -0.39 is 155 Å². The van der Waals surface area contributed by atoms with Crippen LogP contribution in [0, 0.1) is 0 Å². The average molecular weight is 1360 g/mol. The standard InChI is InChI=1S/C72H132N2O21/c1-4-6-8-10-12-14-15-16-17-18-19-20-21-22-23-24-25-26-27-28-29-30-31-32-33-34-35-36-38-40-42-44-46-59(82)74-53(54(79)45-43-41-39-37-13-11-9-7-5-2)51-90-69-64(86)63(85)66(58(50-77)92-69)93-70-65(87)68(62(84)57(49-76)91-70)95-72(71(88)89)47-55(80)60(73-52(3)78)67(94-72)61(83)56(81)48-75/h22-23,43,45,53-58,60-70,75-77,79-81,83-87H,4-21,24-42,44,46-51H2,1-3H3,(H,73,78)(H,74,82)(H,88,89)/b23-22-,45-43+. The molecule has 18 atom stereocenters. The van der Waals surface area contributed by atoms with Crippen molar-refractivity contribution in [1.82, 2.24) is 10.6 Å². The molecule has 23 heteroatoms. The third kappa shape index (κ3) is 34.0. The van der Waals surface area contributed by atoms with E-state index in [-0.39, 0.29) is 12.3 Å². The topological polar surface area (TPSA) is 373 Å². The number of hydrogen-bond donors (Lipinski definition) is 14. The second kappa shape index (κ2) is 52.2. The Hall–Kier alpha value is -2.79. The highest BCUT2D eigenvalue weighted by molar-refractivity contribution is 5.77. The number of amides is 2. The van der Waals surface area contributed by atoms with Crippen molar-refractivity contribution in [1.29, 1.82) is 0 Å². The zero-order chi connectivity index (χ0) is 69.6. The predicted molar refractivity (Wildman–Crippen MR) is 361 cm³/mol. The van der Waals surface area contributed by atoms with Crippen LogP contribution in [0.5, 0.6) is 0 Å². The summed E-state index contributed by atoms with van der Waals surface area (Å²) in [6.45, 7) is 2.10. The van der Waals surface area contributed by atoms with Crippen LogP contribution in [0.25, 0.3) is 0 Å². The number of aliphatic hydroxyl groups is 11. The van der Waals surface area contributed by atoms with Crippen LogP contribution in [0.15, 0.2) is 24.3 Å². The quantitative estimate of drug-likeness (QED) is 0.0202. The first-order valence-electron chi connectivity index (χ1n) is 37.2. The molecule has 0 aromatic heterocycles. The number of carboxylic acids is 1. The van der Waals surface area contributed by atoms with Gasteiger partial charge in [-0.15, -0.1) is 0 Å². The molecular formula is C72H132N2O21. The summed E-state index contributed by atoms with van der Waals surface area (Å²) in [6.07, 6.45) is 25.7. The molecule has 556 valence electrons. The van der Waals surface area contributed by atoms with Crippen molar-refractivity contribution in [2.24, 2.45) is 0 Å². The lowest BCUT2D eigenvalue weighted by molar-refractivity contribution is -0.386. The van der Waals surface area contributed by atoms with Gasteiger partial charge in [-0.25, -0.2) is 4.79 Å². The van der Waals surface area contributed by atoms with Crippen LogP contribution in [0.2, 0.25) is 0 Å². The maximum atomic E-state index is 13.4. The number of unbranched alkanes of at least 4 members (excludes halogenated alkanes) is 35. The molecule has 2 amide bonds. The summed E-state index contributed by atoms with van der Waals surface area (Å²) in [5.74, 6) is -6.14. The van der Waals surface area contributed by atoms with Crippen molar-refractivity contribution < 1.29 is 104 Å². The SMILES string of the molecule is CCCCCCCCC/C=C/C(O)C(COC1OC(CO)C(OC2OC(CO)C(O)C(OC3(C(=O)O)CC(O)C(NC(C)=O)C(C(O)C(O)CO)O3)C2O)C(O)C1O)NC(=O)CCCCCCCCCCCCCCCCCC/C=C\CCCCCCCCCCCCCC. The van der Waals surface area contributed by atoms with Gasteiger partial charge in [0, 0.05) is 19.8 Å². The van der Waals surface area contributed by atoms with E-state index >= 15 is 0 Å². The van der Waals surface area contributed by atoms with Gasteiger partial charge in [-0.2, -0.15) is 0 Å². The molecule has 3 fully saturated rings. The predicted octanol–water partition coefficient (Wildman–Crippen LogP) is 8.01. The van der Waals surface area contributed by atoms with Crippen molar-refractivity contribution in [3.05, 3.63) is 24.3 Å². The van der Waals surface area contributed by atoms with Crippen molar-refractivity contribution in [3.63, 3.8) is 0 Å². The van der Waals surface area contributed by atoms with E-state index in [1.807, 2.05) is 6.08 Å². The molecule has 3 rings (SSSR count). The van der Waals surface area contributed by atoms with E-state index in [0.29, 0.717) is 12.8 Å². The Morgan fingerprint density at radius 2 is 0.989 bits per heavy atom. The Balaban J connectivity index is 1.44. The van der Waals surface area contributed by atoms with Gasteiger partial charge >= 0.3 is 5.97 Å². The van der Waals surface area contributed by atoms with Crippen LogP contribution in [0.4, 0.5) is 0 Å². The first-order valence-corrected chi connectivity index (χ1v) is 37.2. The Bertz CT molecular complexity index is 2010. The Kier molecular flexibility index (Phi) is 47.5. The zero-order valence-corrected chi connectivity index (χ0v) is 58.3. The monoisotopic (exact) mass is 1360 g/mol. The Labute approximate surface area is 568 Å². The summed E-state index contributed by atoms with van der Waals surface area (Å²) in [6, 6.07) is -2.61. The van der Waals surface area contributed by atoms with Gasteiger partial charge in [-0.3, -0.25) is 9.59 Å². The fraction of sp³-hybridized carbons (Fsp3) is 0.903. The summed E-state index contributed by atoms with van der Waals surface area (Å²) < 4.78 is 34.7. The average Bonchev–Trinajstić information content (AvgIpc) is 0.758. The summed E-state index contributed by atoms with van der Waals surface area (Å²) in [7, 11) is 0. The van der Waals surface area contributed by atoms with Gasteiger partial charge in [0.1, 0.15) is 67.1 Å². The molecule has 3 aliphatic rings. The molecule has 3 aliphatic heterocycles. The highest BCUT2D eigenvalue weighted by atomic mass is 16.8. The maximum absolute atomic E-state index is 13.4. The lowest BCUT2D eigenvalue weighted by atomic mass is 9.88. The minimum absolute atomic E-state index is 0.202. The number of aliphatic carboxylic acids is 1. The van der Waals surface area contributed by atoms with Gasteiger partial charge in [0.15, 0.2) is 12.6 Å². The van der Waals surface area contributed by atoms with Gasteiger partial charge in [0.2, 0.25) is 11.8 Å². The fourth-order valence-electron chi connectivity index (χ4n) is 12.9. The van der Waals surface area contributed by atoms with Crippen molar-refractivity contribution in [2.75, 3.05) is 26.4 Å². The van der Waals surface area contributed by atoms with Gasteiger partial charge in [-0.1, -0.05) is 237 Å². The third-order valence-electron chi connectivity index (χ3n) is 18.9. The highest BCUT2D eigenvalue weighted by Gasteiger charge is 2.60. The first-order chi connectivity index (χ1) is 45.9. The molecule has 0 spiro atoms. The van der Waals surface area contributed by atoms with Crippen LogP contribution in [0.1, 0.15) is 278 Å². The lowest BCUT2D eigenvalue weighted by Crippen LogP contribution is -2.70. The molecule has 0 aromatic carbocycles. The number of carboxylic acid groups (broad SMARTS) is 1. The Morgan fingerprint density at radius 3 is 1.43 bits per heavy atom. The second-order valence-corrected chi connectivity index (χ2v) is 27.2. The molecule has 3 heterocycles. The number of ether oxygens (including phenoxy) is 6. The van der Waals surface area contributed by atoms with Crippen LogP contribution in [-0.2, 0) is 42.8 Å². The fourth-order valence-corrected chi connectivity index (χ4v) is 12.9. The van der Waals surface area contributed by atoms with E-state index in [1.165, 1.54) is 173 Å². The normalized spacial score (nSPS) is 27.8. The van der Waals surface area contributed by atoms with Gasteiger partial charge in [0.25, 0.3) is 5.79 Å². The number of aliphatic hydroxyl groups excluding tert-OH is 11. The van der Waals surface area contributed by atoms with E-state index in [2.05, 4.69) is 36.6 Å². The number of allylic oxidation sites excluding steroid dienone is 3. The molecule has 3 saturated heterocycles. The van der Waals surface area contributed by atoms with Crippen molar-refractivity contribution in [2.45, 2.75) is 387 Å². The van der Waals surface area contributed by atoms with Crippen LogP contribution in [0.3, 0.4) is 0 Å². The van der Waals surface area contributed by atoms with E-state index in [1.54, 1.807) is 6.08 Å². The van der Waals surface area contributed by atoms with Crippen molar-refractivity contribution >= 4 is 17.8 Å². The van der Waals surface area contributed by atoms with Crippen LogP contribution >= 0.6 is 0 Å². The number of carbonyl (C=O) groups is 3. The zero-order valence-electron chi connectivity index (χ0n) is 58.3. The van der Waals surface area contributed by atoms with Crippen molar-refractivity contribution in [3.8, 4) is 0 Å². The molecule has 0 saturated carbocycles. The molecule has 18 unspecified atom stereocenters. The lowest BCUT2D eigenvalue weighted by Gasteiger charge is -2.50. The summed E-state index contributed by atoms with van der Waals surface area (Å²) in [5.41, 5.74) is 0. The molecule has 95 heavy (non-hydrogen) atoms. The smallest absolute Gasteiger partial charge is 0.364 e. The number of hydrogen-bond acceptors (Lipinski definition) is 20.